The van der Waals surface area contributed by atoms with Crippen LogP contribution in [0, 0.1) is 6.92 Å². The molecule has 0 saturated carbocycles. The van der Waals surface area contributed by atoms with Crippen molar-refractivity contribution in [3.63, 3.8) is 0 Å². The Kier molecular flexibility index (Phi) is 8.50. The highest BCUT2D eigenvalue weighted by Gasteiger charge is 2.23. The van der Waals surface area contributed by atoms with Crippen LogP contribution in [-0.2, 0) is 4.79 Å². The summed E-state index contributed by atoms with van der Waals surface area (Å²) in [4.78, 5) is 45.1. The van der Waals surface area contributed by atoms with Gasteiger partial charge in [-0.2, -0.15) is 0 Å². The minimum absolute atomic E-state index is 0.102. The smallest absolute Gasteiger partial charge is 0.256 e. The predicted octanol–water partition coefficient (Wildman–Crippen LogP) is 6.87. The summed E-state index contributed by atoms with van der Waals surface area (Å²) in [6.45, 7) is 3.35. The maximum Gasteiger partial charge on any atom is 0.256 e. The monoisotopic (exact) mass is 578 g/mol. The summed E-state index contributed by atoms with van der Waals surface area (Å²) in [7, 11) is 0. The van der Waals surface area contributed by atoms with E-state index in [2.05, 4.69) is 15.6 Å². The zero-order valence-corrected chi connectivity index (χ0v) is 23.7. The van der Waals surface area contributed by atoms with Gasteiger partial charge >= 0.3 is 0 Å². The number of anilines is 2. The third kappa shape index (κ3) is 6.61. The molecule has 200 valence electrons. The summed E-state index contributed by atoms with van der Waals surface area (Å²) in [5.41, 5.74) is 3.77. The van der Waals surface area contributed by atoms with E-state index < -0.39 is 0 Å². The molecule has 4 aromatic rings. The Labute approximate surface area is 240 Å². The Hall–Kier alpha value is -3.40. The number of nitrogens with one attached hydrogen (secondary N) is 2. The second-order valence-electron chi connectivity index (χ2n) is 9.32. The number of nitrogens with zero attached hydrogens (tertiary/aromatic N) is 2. The molecule has 0 radical (unpaired) electrons. The Morgan fingerprint density at radius 2 is 1.67 bits per heavy atom. The molecule has 2 heterocycles. The van der Waals surface area contributed by atoms with Crippen molar-refractivity contribution in [3.8, 4) is 0 Å². The van der Waals surface area contributed by atoms with Gasteiger partial charge in [0.2, 0.25) is 5.91 Å². The maximum atomic E-state index is 13.2. The van der Waals surface area contributed by atoms with Gasteiger partial charge in [-0.25, -0.2) is 4.98 Å². The van der Waals surface area contributed by atoms with Gasteiger partial charge in [-0.05, 0) is 74.2 Å². The average Bonchev–Trinajstić information content (AvgIpc) is 3.36. The molecule has 1 aliphatic rings. The largest absolute Gasteiger partial charge is 0.339 e. The van der Waals surface area contributed by atoms with Crippen molar-refractivity contribution in [1.29, 1.82) is 0 Å². The molecule has 0 unspecified atom stereocenters. The summed E-state index contributed by atoms with van der Waals surface area (Å²) in [6, 6.07) is 17.8. The van der Waals surface area contributed by atoms with Crippen LogP contribution in [0.15, 0.2) is 65.0 Å². The SMILES string of the molecule is Cc1ccc(NC(=O)CSc2nc3ccc(NC(=O)c4ccccc4C(=O)N4CCCCC4)cc3s2)cc1Cl. The molecule has 0 bridgehead atoms. The van der Waals surface area contributed by atoms with Crippen LogP contribution < -0.4 is 10.6 Å². The number of benzene rings is 3. The number of halogens is 1. The van der Waals surface area contributed by atoms with E-state index in [1.807, 2.05) is 36.1 Å². The average molecular weight is 579 g/mol. The predicted molar refractivity (Wildman–Crippen MR) is 159 cm³/mol. The number of thiazole rings is 1. The Morgan fingerprint density at radius 1 is 0.949 bits per heavy atom. The normalized spacial score (nSPS) is 13.3. The summed E-state index contributed by atoms with van der Waals surface area (Å²) >= 11 is 8.94. The molecule has 1 saturated heterocycles. The lowest BCUT2D eigenvalue weighted by Crippen LogP contribution is -2.36. The van der Waals surface area contributed by atoms with Gasteiger partial charge in [0.05, 0.1) is 27.1 Å². The van der Waals surface area contributed by atoms with Crippen molar-refractivity contribution in [2.75, 3.05) is 29.5 Å². The molecule has 1 fully saturated rings. The number of likely N-dealkylation sites (tertiary alicyclic amines) is 1. The van der Waals surface area contributed by atoms with Gasteiger partial charge in [0.1, 0.15) is 0 Å². The number of hydrogen-bond acceptors (Lipinski definition) is 6. The molecule has 3 aromatic carbocycles. The summed E-state index contributed by atoms with van der Waals surface area (Å²) < 4.78 is 1.64. The van der Waals surface area contributed by atoms with Crippen LogP contribution in [0.5, 0.6) is 0 Å². The summed E-state index contributed by atoms with van der Waals surface area (Å²) in [6.07, 6.45) is 3.10. The van der Waals surface area contributed by atoms with E-state index >= 15 is 0 Å². The number of piperidine rings is 1. The molecule has 3 amide bonds. The Balaban J connectivity index is 1.23. The molecule has 39 heavy (non-hydrogen) atoms. The first-order chi connectivity index (χ1) is 18.9. The van der Waals surface area contributed by atoms with Crippen molar-refractivity contribution in [3.05, 3.63) is 82.4 Å². The van der Waals surface area contributed by atoms with Gasteiger partial charge in [-0.3, -0.25) is 14.4 Å². The highest BCUT2D eigenvalue weighted by molar-refractivity contribution is 8.01. The van der Waals surface area contributed by atoms with Crippen LogP contribution in [0.1, 0.15) is 45.5 Å². The molecule has 0 spiro atoms. The zero-order valence-electron chi connectivity index (χ0n) is 21.3. The fourth-order valence-electron chi connectivity index (χ4n) is 4.37. The number of aryl methyl sites for hydroxylation is 1. The van der Waals surface area contributed by atoms with Crippen LogP contribution in [0.4, 0.5) is 11.4 Å². The lowest BCUT2D eigenvalue weighted by Gasteiger charge is -2.27. The number of aromatic nitrogens is 1. The second-order valence-corrected chi connectivity index (χ2v) is 12.0. The first-order valence-electron chi connectivity index (χ1n) is 12.7. The number of fused-ring (bicyclic) bond motifs is 1. The molecule has 0 aliphatic carbocycles. The molecule has 7 nitrogen and oxygen atoms in total. The molecule has 1 aromatic heterocycles. The first-order valence-corrected chi connectivity index (χ1v) is 14.8. The van der Waals surface area contributed by atoms with E-state index in [0.717, 1.165) is 52.5 Å². The van der Waals surface area contributed by atoms with Gasteiger partial charge in [0.25, 0.3) is 11.8 Å². The van der Waals surface area contributed by atoms with E-state index in [1.165, 1.54) is 23.1 Å². The number of thioether (sulfide) groups is 1. The summed E-state index contributed by atoms with van der Waals surface area (Å²) in [5, 5.41) is 6.39. The van der Waals surface area contributed by atoms with Crippen molar-refractivity contribution in [2.24, 2.45) is 0 Å². The van der Waals surface area contributed by atoms with Gasteiger partial charge in [-0.1, -0.05) is 41.6 Å². The van der Waals surface area contributed by atoms with E-state index in [9.17, 15) is 14.4 Å². The molecular weight excluding hydrogens is 552 g/mol. The van der Waals surface area contributed by atoms with Crippen LogP contribution >= 0.6 is 34.7 Å². The Bertz CT molecular complexity index is 1550. The molecule has 1 aliphatic heterocycles. The fraction of sp³-hybridized carbons (Fsp3) is 0.241. The maximum absolute atomic E-state index is 13.2. The van der Waals surface area contributed by atoms with Gasteiger partial charge in [0.15, 0.2) is 4.34 Å². The molecule has 10 heteroatoms. The lowest BCUT2D eigenvalue weighted by atomic mass is 10.0. The number of carbonyl (C=O) groups is 3. The number of hydrogen-bond donors (Lipinski definition) is 2. The van der Waals surface area contributed by atoms with E-state index in [0.29, 0.717) is 27.5 Å². The quantitative estimate of drug-likeness (QED) is 0.234. The van der Waals surface area contributed by atoms with Crippen molar-refractivity contribution in [2.45, 2.75) is 30.5 Å². The third-order valence-corrected chi connectivity index (χ3v) is 9.02. The first kappa shape index (κ1) is 27.2. The van der Waals surface area contributed by atoms with E-state index in [4.69, 9.17) is 11.6 Å². The zero-order chi connectivity index (χ0) is 27.4. The van der Waals surface area contributed by atoms with Crippen molar-refractivity contribution < 1.29 is 14.4 Å². The van der Waals surface area contributed by atoms with Crippen LogP contribution in [-0.4, -0.2) is 46.4 Å². The van der Waals surface area contributed by atoms with Crippen LogP contribution in [0.2, 0.25) is 5.02 Å². The van der Waals surface area contributed by atoms with E-state index in [-0.39, 0.29) is 23.5 Å². The number of carbonyl (C=O) groups excluding carboxylic acids is 3. The molecule has 2 N–H and O–H groups in total. The second kappa shape index (κ2) is 12.2. The summed E-state index contributed by atoms with van der Waals surface area (Å²) in [5.74, 6) is -0.377. The van der Waals surface area contributed by atoms with Crippen LogP contribution in [0.3, 0.4) is 0 Å². The number of rotatable bonds is 7. The molecule has 5 rings (SSSR count). The lowest BCUT2D eigenvalue weighted by molar-refractivity contribution is -0.113. The van der Waals surface area contributed by atoms with Gasteiger partial charge in [0, 0.05) is 29.5 Å². The van der Waals surface area contributed by atoms with Gasteiger partial charge < -0.3 is 15.5 Å². The molecule has 0 atom stereocenters. The standard InChI is InChI=1S/C29H27ClN4O3S2/c1-18-9-10-19(15-23(18)30)31-26(35)17-38-29-33-24-12-11-20(16-25(24)39-29)32-27(36)21-7-3-4-8-22(21)28(37)34-13-5-2-6-14-34/h3-4,7-12,15-16H,2,5-6,13-14,17H2,1H3,(H,31,35)(H,32,36). The third-order valence-electron chi connectivity index (χ3n) is 6.45. The Morgan fingerprint density at radius 3 is 2.44 bits per heavy atom. The topological polar surface area (TPSA) is 91.4 Å². The van der Waals surface area contributed by atoms with Crippen molar-refractivity contribution >= 4 is 74.0 Å². The minimum Gasteiger partial charge on any atom is -0.339 e. The molecular formula is C29H27ClN4O3S2. The van der Waals surface area contributed by atoms with Crippen LogP contribution in [0.25, 0.3) is 10.2 Å². The number of amides is 3. The highest BCUT2D eigenvalue weighted by Crippen LogP contribution is 2.32. The minimum atomic E-state index is -0.331. The highest BCUT2D eigenvalue weighted by atomic mass is 35.5. The van der Waals surface area contributed by atoms with E-state index in [1.54, 1.807) is 36.4 Å². The fourth-order valence-corrected chi connectivity index (χ4v) is 6.46. The van der Waals surface area contributed by atoms with Gasteiger partial charge in [-0.15, -0.1) is 11.3 Å². The van der Waals surface area contributed by atoms with Crippen molar-refractivity contribution in [1.82, 2.24) is 9.88 Å².